The topological polar surface area (TPSA) is 24.5 Å². The summed E-state index contributed by atoms with van der Waals surface area (Å²) >= 11 is 0. The molecule has 3 nitrogen and oxygen atoms in total. The summed E-state index contributed by atoms with van der Waals surface area (Å²) in [4.78, 5) is 2.64. The molecule has 3 rings (SSSR count). The molecule has 2 heterocycles. The van der Waals surface area contributed by atoms with Crippen LogP contribution in [0.4, 0.5) is 0 Å². The Morgan fingerprint density at radius 1 is 1.12 bits per heavy atom. The zero-order chi connectivity index (χ0) is 11.6. The van der Waals surface area contributed by atoms with Gasteiger partial charge in [-0.15, -0.1) is 0 Å². The largest absolute Gasteiger partial charge is 0.378 e. The normalized spacial score (nSPS) is 34.2. The summed E-state index contributed by atoms with van der Waals surface area (Å²) in [5.41, 5.74) is 0.714. The van der Waals surface area contributed by atoms with Gasteiger partial charge in [0.15, 0.2) is 0 Å². The van der Waals surface area contributed by atoms with Crippen molar-refractivity contribution in [2.24, 2.45) is 5.41 Å². The number of ether oxygens (including phenoxy) is 1. The third kappa shape index (κ3) is 2.83. The summed E-state index contributed by atoms with van der Waals surface area (Å²) in [6.45, 7) is 6.73. The molecule has 0 aromatic carbocycles. The van der Waals surface area contributed by atoms with Crippen molar-refractivity contribution in [3.8, 4) is 0 Å². The average molecular weight is 238 g/mol. The maximum absolute atomic E-state index is 5.52. The van der Waals surface area contributed by atoms with Crippen LogP contribution < -0.4 is 5.32 Å². The quantitative estimate of drug-likeness (QED) is 0.791. The lowest BCUT2D eigenvalue weighted by Gasteiger charge is -2.51. The fourth-order valence-electron chi connectivity index (χ4n) is 3.87. The third-order valence-corrected chi connectivity index (χ3v) is 4.76. The summed E-state index contributed by atoms with van der Waals surface area (Å²) < 4.78 is 5.52. The Hall–Kier alpha value is -0.120. The molecule has 0 aromatic heterocycles. The van der Waals surface area contributed by atoms with E-state index >= 15 is 0 Å². The number of likely N-dealkylation sites (tertiary alicyclic amines) is 1. The van der Waals surface area contributed by atoms with E-state index in [1.54, 1.807) is 0 Å². The lowest BCUT2D eigenvalue weighted by Crippen LogP contribution is -2.60. The maximum Gasteiger partial charge on any atom is 0.0632 e. The first-order valence-corrected chi connectivity index (χ1v) is 7.40. The molecule has 0 amide bonds. The maximum atomic E-state index is 5.52. The van der Waals surface area contributed by atoms with Crippen LogP contribution >= 0.6 is 0 Å². The molecule has 0 aromatic rings. The smallest absolute Gasteiger partial charge is 0.0632 e. The molecule has 1 spiro atoms. The fourth-order valence-corrected chi connectivity index (χ4v) is 3.87. The van der Waals surface area contributed by atoms with Gasteiger partial charge in [0.1, 0.15) is 0 Å². The van der Waals surface area contributed by atoms with Crippen LogP contribution in [0.5, 0.6) is 0 Å². The first-order chi connectivity index (χ1) is 8.36. The molecular formula is C14H26N2O. The van der Waals surface area contributed by atoms with E-state index < -0.39 is 0 Å². The molecule has 3 aliphatic rings. The molecule has 2 saturated heterocycles. The SMILES string of the molecule is C1CCCC2(CC1)CN(CC1COCCN1)C2. The summed E-state index contributed by atoms with van der Waals surface area (Å²) in [7, 11) is 0. The van der Waals surface area contributed by atoms with Crippen molar-refractivity contribution in [1.29, 1.82) is 0 Å². The molecule has 1 aliphatic carbocycles. The van der Waals surface area contributed by atoms with Crippen molar-refractivity contribution in [1.82, 2.24) is 10.2 Å². The van der Waals surface area contributed by atoms with Crippen molar-refractivity contribution in [3.05, 3.63) is 0 Å². The Labute approximate surface area is 105 Å². The van der Waals surface area contributed by atoms with E-state index in [0.717, 1.165) is 19.8 Å². The first kappa shape index (κ1) is 11.9. The second-order valence-electron chi connectivity index (χ2n) is 6.31. The molecule has 1 saturated carbocycles. The minimum Gasteiger partial charge on any atom is -0.378 e. The van der Waals surface area contributed by atoms with Crippen molar-refractivity contribution < 1.29 is 4.74 Å². The zero-order valence-electron chi connectivity index (χ0n) is 10.9. The van der Waals surface area contributed by atoms with Gasteiger partial charge < -0.3 is 15.0 Å². The second-order valence-corrected chi connectivity index (χ2v) is 6.31. The number of hydrogen-bond acceptors (Lipinski definition) is 3. The molecule has 0 radical (unpaired) electrons. The molecule has 3 fully saturated rings. The minimum atomic E-state index is 0.576. The van der Waals surface area contributed by atoms with Crippen LogP contribution in [0.2, 0.25) is 0 Å². The molecule has 1 unspecified atom stereocenters. The van der Waals surface area contributed by atoms with Crippen molar-refractivity contribution in [2.75, 3.05) is 39.4 Å². The fraction of sp³-hybridized carbons (Fsp3) is 1.00. The highest BCUT2D eigenvalue weighted by Gasteiger charge is 2.42. The van der Waals surface area contributed by atoms with Gasteiger partial charge in [-0.25, -0.2) is 0 Å². The summed E-state index contributed by atoms with van der Waals surface area (Å²) in [5.74, 6) is 0. The van der Waals surface area contributed by atoms with Crippen LogP contribution in [0.1, 0.15) is 38.5 Å². The van der Waals surface area contributed by atoms with Crippen LogP contribution in [0, 0.1) is 5.41 Å². The van der Waals surface area contributed by atoms with Gasteiger partial charge in [-0.2, -0.15) is 0 Å². The molecule has 17 heavy (non-hydrogen) atoms. The van der Waals surface area contributed by atoms with Crippen LogP contribution in [0.3, 0.4) is 0 Å². The van der Waals surface area contributed by atoms with Gasteiger partial charge in [0.25, 0.3) is 0 Å². The molecule has 2 aliphatic heterocycles. The predicted octanol–water partition coefficient (Wildman–Crippen LogP) is 1.63. The summed E-state index contributed by atoms with van der Waals surface area (Å²) in [6.07, 6.45) is 8.85. The highest BCUT2D eigenvalue weighted by Crippen LogP contribution is 2.42. The number of nitrogens with zero attached hydrogens (tertiary/aromatic N) is 1. The van der Waals surface area contributed by atoms with Gasteiger partial charge in [0, 0.05) is 32.2 Å². The Kier molecular flexibility index (Phi) is 3.69. The molecule has 98 valence electrons. The van der Waals surface area contributed by atoms with E-state index in [1.807, 2.05) is 0 Å². The Bertz CT molecular complexity index is 235. The Balaban J connectivity index is 1.43. The highest BCUT2D eigenvalue weighted by molar-refractivity contribution is 4.97. The minimum absolute atomic E-state index is 0.576. The number of morpholine rings is 1. The lowest BCUT2D eigenvalue weighted by molar-refractivity contribution is -0.0310. The zero-order valence-corrected chi connectivity index (χ0v) is 10.9. The summed E-state index contributed by atoms with van der Waals surface area (Å²) in [5, 5.41) is 3.56. The van der Waals surface area contributed by atoms with E-state index in [2.05, 4.69) is 10.2 Å². The number of hydrogen-bond donors (Lipinski definition) is 1. The Morgan fingerprint density at radius 2 is 1.88 bits per heavy atom. The summed E-state index contributed by atoms with van der Waals surface area (Å²) in [6, 6.07) is 0.576. The van der Waals surface area contributed by atoms with E-state index in [1.165, 1.54) is 58.2 Å². The monoisotopic (exact) mass is 238 g/mol. The van der Waals surface area contributed by atoms with Crippen molar-refractivity contribution >= 4 is 0 Å². The van der Waals surface area contributed by atoms with Gasteiger partial charge in [0.2, 0.25) is 0 Å². The lowest BCUT2D eigenvalue weighted by atomic mass is 9.73. The molecule has 3 heteroatoms. The van der Waals surface area contributed by atoms with E-state index in [0.29, 0.717) is 11.5 Å². The second kappa shape index (κ2) is 5.25. The highest BCUT2D eigenvalue weighted by atomic mass is 16.5. The number of nitrogens with one attached hydrogen (secondary N) is 1. The molecular weight excluding hydrogens is 212 g/mol. The number of rotatable bonds is 2. The van der Waals surface area contributed by atoms with E-state index in [9.17, 15) is 0 Å². The average Bonchev–Trinajstić information content (AvgIpc) is 2.56. The van der Waals surface area contributed by atoms with Crippen LogP contribution in [-0.2, 0) is 4.74 Å². The van der Waals surface area contributed by atoms with Gasteiger partial charge in [0.05, 0.1) is 13.2 Å². The van der Waals surface area contributed by atoms with E-state index in [-0.39, 0.29) is 0 Å². The van der Waals surface area contributed by atoms with Gasteiger partial charge >= 0.3 is 0 Å². The van der Waals surface area contributed by atoms with Crippen LogP contribution in [-0.4, -0.2) is 50.3 Å². The van der Waals surface area contributed by atoms with E-state index in [4.69, 9.17) is 4.74 Å². The molecule has 1 N–H and O–H groups in total. The molecule has 0 bridgehead atoms. The van der Waals surface area contributed by atoms with Crippen LogP contribution in [0.15, 0.2) is 0 Å². The standard InChI is InChI=1S/C14H26N2O/c1-2-4-6-14(5-3-1)11-16(12-14)9-13-10-17-8-7-15-13/h13,15H,1-12H2. The third-order valence-electron chi connectivity index (χ3n) is 4.76. The molecule has 1 atom stereocenters. The van der Waals surface area contributed by atoms with Gasteiger partial charge in [-0.1, -0.05) is 25.7 Å². The van der Waals surface area contributed by atoms with Crippen LogP contribution in [0.25, 0.3) is 0 Å². The van der Waals surface area contributed by atoms with Gasteiger partial charge in [-0.05, 0) is 18.3 Å². The van der Waals surface area contributed by atoms with Crippen molar-refractivity contribution in [2.45, 2.75) is 44.6 Å². The first-order valence-electron chi connectivity index (χ1n) is 7.40. The van der Waals surface area contributed by atoms with Gasteiger partial charge in [-0.3, -0.25) is 0 Å². The predicted molar refractivity (Wildman–Crippen MR) is 69.2 cm³/mol. The van der Waals surface area contributed by atoms with Crippen molar-refractivity contribution in [3.63, 3.8) is 0 Å². The Morgan fingerprint density at radius 3 is 2.53 bits per heavy atom.